The molecule has 0 unspecified atom stereocenters. The van der Waals surface area contributed by atoms with E-state index in [1.807, 2.05) is 0 Å². The minimum Gasteiger partial charge on any atom is -0.386 e. The third kappa shape index (κ3) is 1.62. The van der Waals surface area contributed by atoms with Crippen LogP contribution in [0.4, 0.5) is 4.39 Å². The van der Waals surface area contributed by atoms with Crippen molar-refractivity contribution in [3.63, 3.8) is 0 Å². The van der Waals surface area contributed by atoms with Gasteiger partial charge in [-0.15, -0.1) is 6.07 Å². The maximum absolute atomic E-state index is 12.5. The summed E-state index contributed by atoms with van der Waals surface area (Å²) in [5.41, 5.74) is 3.50. The number of aromatic nitrogens is 1. The zero-order valence-corrected chi connectivity index (χ0v) is 6.78. The Morgan fingerprint density at radius 1 is 1.45 bits per heavy atom. The molecule has 0 aliphatic rings. The topological polar surface area (TPSA) is 12.9 Å². The summed E-state index contributed by atoms with van der Waals surface area (Å²) in [4.78, 5) is 3.89. The molecule has 0 saturated heterocycles. The third-order valence-corrected chi connectivity index (χ3v) is 1.97. The summed E-state index contributed by atoms with van der Waals surface area (Å²) in [7, 11) is 0. The summed E-state index contributed by atoms with van der Waals surface area (Å²) < 4.78 is 13.3. The summed E-state index contributed by atoms with van der Waals surface area (Å²) in [6.45, 7) is 0. The van der Waals surface area contributed by atoms with E-state index in [0.29, 0.717) is 0 Å². The van der Waals surface area contributed by atoms with E-state index in [-0.39, 0.29) is 24.7 Å². The first-order valence-corrected chi connectivity index (χ1v) is 3.60. The number of halogens is 1. The Labute approximate surface area is 79.4 Å². The fourth-order valence-corrected chi connectivity index (χ4v) is 1.42. The normalized spacial score (nSPS) is 9.55. The zero-order chi connectivity index (χ0) is 6.97. The molecule has 11 heavy (non-hydrogen) atoms. The van der Waals surface area contributed by atoms with Crippen LogP contribution in [0.5, 0.6) is 0 Å². The first kappa shape index (κ1) is 8.73. The van der Waals surface area contributed by atoms with Gasteiger partial charge in [-0.1, -0.05) is 16.3 Å². The molecule has 1 nitrogen and oxygen atoms in total. The van der Waals surface area contributed by atoms with Crippen LogP contribution in [-0.4, -0.2) is 4.98 Å². The van der Waals surface area contributed by atoms with Crippen LogP contribution in [0.2, 0.25) is 0 Å². The van der Waals surface area contributed by atoms with Crippen molar-refractivity contribution in [2.45, 2.75) is 0 Å². The van der Waals surface area contributed by atoms with Gasteiger partial charge in [0.15, 0.2) is 0 Å². The first-order valence-electron chi connectivity index (χ1n) is 2.78. The van der Waals surface area contributed by atoms with Gasteiger partial charge in [-0.05, 0) is 11.6 Å². The molecule has 1 aromatic carbocycles. The van der Waals surface area contributed by atoms with Gasteiger partial charge in [-0.2, -0.15) is 0 Å². The van der Waals surface area contributed by atoms with E-state index in [1.54, 1.807) is 6.07 Å². The molecule has 0 bridgehead atoms. The van der Waals surface area contributed by atoms with Crippen LogP contribution in [0.15, 0.2) is 18.2 Å². The Balaban J connectivity index is 0.000000605. The maximum atomic E-state index is 12.5. The fraction of sp³-hybridized carbons (Fsp3) is 0. The minimum absolute atomic E-state index is 0. The van der Waals surface area contributed by atoms with Gasteiger partial charge >= 0.3 is 18.9 Å². The number of hydrogen-bond donors (Lipinski definition) is 0. The number of nitrogens with zero attached hydrogens (tertiary/aromatic N) is 1. The molecule has 0 atom stereocenters. The second-order valence-electron chi connectivity index (χ2n) is 1.92. The van der Waals surface area contributed by atoms with Crippen LogP contribution >= 0.6 is 11.3 Å². The van der Waals surface area contributed by atoms with Crippen LogP contribution in [0.3, 0.4) is 0 Å². The molecule has 0 saturated carbocycles. The molecule has 4 heteroatoms. The van der Waals surface area contributed by atoms with Crippen molar-refractivity contribution < 1.29 is 23.3 Å². The molecule has 0 aliphatic carbocycles. The fourth-order valence-electron chi connectivity index (χ4n) is 0.783. The molecular weight excluding hydrogens is 156 g/mol. The van der Waals surface area contributed by atoms with Crippen molar-refractivity contribution in [2.75, 3.05) is 0 Å². The van der Waals surface area contributed by atoms with E-state index < -0.39 is 0 Å². The molecule has 0 amide bonds. The van der Waals surface area contributed by atoms with Crippen molar-refractivity contribution in [1.29, 1.82) is 0 Å². The minimum atomic E-state index is -0.217. The number of benzene rings is 1. The SMILES string of the molecule is Fc1ccc2n[c-]sc2c1.[Li+]. The number of thiazole rings is 1. The van der Waals surface area contributed by atoms with Crippen LogP contribution in [0.25, 0.3) is 10.2 Å². The predicted molar refractivity (Wildman–Crippen MR) is 38.4 cm³/mol. The quantitative estimate of drug-likeness (QED) is 0.363. The van der Waals surface area contributed by atoms with Crippen molar-refractivity contribution in [3.8, 4) is 0 Å². The maximum Gasteiger partial charge on any atom is 1.00 e. The standard InChI is InChI=1S/C7H3FNS.Li/c8-5-1-2-6-7(3-5)10-4-9-6;/h1-3H;/q-1;+1. The predicted octanol–water partition coefficient (Wildman–Crippen LogP) is -0.760. The molecule has 0 spiro atoms. The van der Waals surface area contributed by atoms with Crippen LogP contribution in [0.1, 0.15) is 0 Å². The molecular formula is C7H3FLiNS. The van der Waals surface area contributed by atoms with E-state index >= 15 is 0 Å². The average Bonchev–Trinajstić information content (AvgIpc) is 2.33. The summed E-state index contributed by atoms with van der Waals surface area (Å²) in [6, 6.07) is 4.51. The van der Waals surface area contributed by atoms with Gasteiger partial charge < -0.3 is 4.98 Å². The molecule has 0 N–H and O–H groups in total. The van der Waals surface area contributed by atoms with Gasteiger partial charge in [-0.25, -0.2) is 4.39 Å². The molecule has 1 aromatic heterocycles. The molecule has 2 aromatic rings. The first-order chi connectivity index (χ1) is 4.86. The van der Waals surface area contributed by atoms with Gasteiger partial charge in [0.25, 0.3) is 0 Å². The van der Waals surface area contributed by atoms with E-state index in [0.717, 1.165) is 10.2 Å². The number of fused-ring (bicyclic) bond motifs is 1. The average molecular weight is 159 g/mol. The summed E-state index contributed by atoms with van der Waals surface area (Å²) in [5, 5.41) is 0. The van der Waals surface area contributed by atoms with Crippen molar-refractivity contribution in [2.24, 2.45) is 0 Å². The van der Waals surface area contributed by atoms with E-state index in [1.165, 1.54) is 23.5 Å². The van der Waals surface area contributed by atoms with Crippen LogP contribution < -0.4 is 18.9 Å². The van der Waals surface area contributed by atoms with Gasteiger partial charge in [-0.3, -0.25) is 11.3 Å². The van der Waals surface area contributed by atoms with E-state index in [9.17, 15) is 4.39 Å². The van der Waals surface area contributed by atoms with Gasteiger partial charge in [0.1, 0.15) is 5.82 Å². The zero-order valence-electron chi connectivity index (χ0n) is 5.97. The molecule has 1 heterocycles. The summed E-state index contributed by atoms with van der Waals surface area (Å²) in [5.74, 6) is -0.217. The second-order valence-corrected chi connectivity index (χ2v) is 2.74. The Morgan fingerprint density at radius 2 is 2.27 bits per heavy atom. The Morgan fingerprint density at radius 3 is 3.09 bits per heavy atom. The Kier molecular flexibility index (Phi) is 2.66. The van der Waals surface area contributed by atoms with Crippen LogP contribution in [-0.2, 0) is 0 Å². The number of hydrogen-bond acceptors (Lipinski definition) is 2. The van der Waals surface area contributed by atoms with Gasteiger partial charge in [0.2, 0.25) is 0 Å². The van der Waals surface area contributed by atoms with Crippen molar-refractivity contribution >= 4 is 21.6 Å². The molecule has 0 radical (unpaired) electrons. The Bertz CT molecular complexity index is 360. The van der Waals surface area contributed by atoms with Gasteiger partial charge in [0.05, 0.1) is 0 Å². The molecule has 0 aliphatic heterocycles. The van der Waals surface area contributed by atoms with Gasteiger partial charge in [0, 0.05) is 0 Å². The second kappa shape index (κ2) is 3.36. The molecule has 0 fully saturated rings. The largest absolute Gasteiger partial charge is 1.00 e. The van der Waals surface area contributed by atoms with E-state index in [2.05, 4.69) is 10.5 Å². The van der Waals surface area contributed by atoms with Crippen molar-refractivity contribution in [1.82, 2.24) is 4.98 Å². The number of rotatable bonds is 0. The Hall–Kier alpha value is -0.363. The molecule has 2 rings (SSSR count). The smallest absolute Gasteiger partial charge is 0.386 e. The van der Waals surface area contributed by atoms with Crippen molar-refractivity contribution in [3.05, 3.63) is 29.5 Å². The summed E-state index contributed by atoms with van der Waals surface area (Å²) in [6.07, 6.45) is 0. The molecule has 50 valence electrons. The summed E-state index contributed by atoms with van der Waals surface area (Å²) >= 11 is 1.33. The van der Waals surface area contributed by atoms with Crippen LogP contribution in [0, 0.1) is 11.3 Å². The van der Waals surface area contributed by atoms with E-state index in [4.69, 9.17) is 0 Å². The third-order valence-electron chi connectivity index (χ3n) is 1.24. The monoisotopic (exact) mass is 159 g/mol.